The molecule has 1 heterocycles. The van der Waals surface area contributed by atoms with Crippen molar-refractivity contribution in [3.8, 4) is 0 Å². The van der Waals surface area contributed by atoms with E-state index in [4.69, 9.17) is 5.73 Å². The molecule has 24 heavy (non-hydrogen) atoms. The molecule has 1 unspecified atom stereocenters. The number of rotatable bonds is 7. The maximum Gasteiger partial charge on any atom is 0.256 e. The van der Waals surface area contributed by atoms with Crippen LogP contribution in [0.15, 0.2) is 35.7 Å². The summed E-state index contributed by atoms with van der Waals surface area (Å²) >= 11 is 1.33. The number of aryl methyl sites for hydroxylation is 1. The average Bonchev–Trinajstić information content (AvgIpc) is 3.02. The third kappa shape index (κ3) is 4.91. The van der Waals surface area contributed by atoms with Crippen molar-refractivity contribution >= 4 is 28.2 Å². The van der Waals surface area contributed by atoms with Crippen molar-refractivity contribution in [1.82, 2.24) is 5.32 Å². The fourth-order valence-electron chi connectivity index (χ4n) is 2.16. The van der Waals surface area contributed by atoms with E-state index in [0.29, 0.717) is 29.1 Å². The van der Waals surface area contributed by atoms with Gasteiger partial charge in [-0.25, -0.2) is 0 Å². The summed E-state index contributed by atoms with van der Waals surface area (Å²) in [4.78, 5) is 24.6. The first kappa shape index (κ1) is 18.2. The van der Waals surface area contributed by atoms with Crippen molar-refractivity contribution < 1.29 is 9.59 Å². The van der Waals surface area contributed by atoms with Gasteiger partial charge in [-0.15, -0.1) is 11.3 Å². The van der Waals surface area contributed by atoms with Crippen LogP contribution in [0.3, 0.4) is 0 Å². The normalized spacial score (nSPS) is 11.8. The van der Waals surface area contributed by atoms with Gasteiger partial charge in [-0.1, -0.05) is 19.1 Å². The third-order valence-electron chi connectivity index (χ3n) is 3.65. The molecule has 0 saturated heterocycles. The fraction of sp³-hybridized carbons (Fsp3) is 0.333. The molecule has 5 nitrogen and oxygen atoms in total. The molecule has 6 heteroatoms. The number of benzene rings is 1. The van der Waals surface area contributed by atoms with E-state index in [-0.39, 0.29) is 17.9 Å². The van der Waals surface area contributed by atoms with Crippen molar-refractivity contribution in [2.24, 2.45) is 5.73 Å². The zero-order valence-corrected chi connectivity index (χ0v) is 14.8. The van der Waals surface area contributed by atoms with Gasteiger partial charge in [0.25, 0.3) is 11.8 Å². The zero-order chi connectivity index (χ0) is 17.5. The Morgan fingerprint density at radius 1 is 1.17 bits per heavy atom. The predicted molar refractivity (Wildman–Crippen MR) is 98.7 cm³/mol. The molecule has 0 fully saturated rings. The van der Waals surface area contributed by atoms with Gasteiger partial charge in [-0.05, 0) is 48.9 Å². The van der Waals surface area contributed by atoms with Crippen LogP contribution in [-0.4, -0.2) is 24.4 Å². The highest BCUT2D eigenvalue weighted by molar-refractivity contribution is 7.14. The average molecular weight is 345 g/mol. The Kier molecular flexibility index (Phi) is 6.52. The number of carbonyl (C=O) groups is 2. The van der Waals surface area contributed by atoms with Crippen LogP contribution in [0.4, 0.5) is 5.00 Å². The topological polar surface area (TPSA) is 84.2 Å². The number of carbonyl (C=O) groups excluding carboxylic acids is 2. The molecule has 4 N–H and O–H groups in total. The van der Waals surface area contributed by atoms with Crippen LogP contribution < -0.4 is 16.4 Å². The van der Waals surface area contributed by atoms with Gasteiger partial charge in [0.15, 0.2) is 0 Å². The van der Waals surface area contributed by atoms with Crippen LogP contribution in [0.5, 0.6) is 0 Å². The molecule has 1 aromatic carbocycles. The van der Waals surface area contributed by atoms with Crippen LogP contribution in [-0.2, 0) is 6.42 Å². The number of nitrogens with two attached hydrogens (primary N) is 1. The lowest BCUT2D eigenvalue weighted by atomic mass is 10.1. The number of nitrogens with one attached hydrogen (secondary N) is 2. The number of thiophene rings is 1. The summed E-state index contributed by atoms with van der Waals surface area (Å²) in [7, 11) is 0. The predicted octanol–water partition coefficient (Wildman–Crippen LogP) is 3.03. The Hall–Kier alpha value is -2.18. The second-order valence-corrected chi connectivity index (χ2v) is 6.61. The molecule has 2 rings (SSSR count). The maximum absolute atomic E-state index is 12.3. The largest absolute Gasteiger partial charge is 0.352 e. The molecular formula is C18H23N3O2S. The van der Waals surface area contributed by atoms with E-state index in [9.17, 15) is 9.59 Å². The van der Waals surface area contributed by atoms with Gasteiger partial charge in [-0.2, -0.15) is 0 Å². The number of amides is 2. The van der Waals surface area contributed by atoms with E-state index in [1.807, 2.05) is 19.1 Å². The molecule has 2 aromatic rings. The van der Waals surface area contributed by atoms with Gasteiger partial charge in [-0.3, -0.25) is 9.59 Å². The molecule has 1 aromatic heterocycles. The van der Waals surface area contributed by atoms with Gasteiger partial charge in [0.05, 0.1) is 5.56 Å². The van der Waals surface area contributed by atoms with Crippen molar-refractivity contribution in [2.75, 3.05) is 11.9 Å². The smallest absolute Gasteiger partial charge is 0.256 e. The minimum Gasteiger partial charge on any atom is -0.352 e. The summed E-state index contributed by atoms with van der Waals surface area (Å²) in [5.74, 6) is -0.418. The molecule has 1 atom stereocenters. The van der Waals surface area contributed by atoms with E-state index in [1.54, 1.807) is 23.6 Å². The molecule has 0 radical (unpaired) electrons. The molecule has 0 bridgehead atoms. The Balaban J connectivity index is 2.01. The van der Waals surface area contributed by atoms with Crippen LogP contribution >= 0.6 is 11.3 Å². The molecule has 0 spiro atoms. The summed E-state index contributed by atoms with van der Waals surface area (Å²) in [6.07, 6.45) is 1.64. The second-order valence-electron chi connectivity index (χ2n) is 5.69. The highest BCUT2D eigenvalue weighted by atomic mass is 32.1. The third-order valence-corrected chi connectivity index (χ3v) is 4.48. The Morgan fingerprint density at radius 3 is 2.50 bits per heavy atom. The number of hydrogen-bond donors (Lipinski definition) is 3. The van der Waals surface area contributed by atoms with Crippen LogP contribution in [0, 0.1) is 0 Å². The molecular weight excluding hydrogens is 322 g/mol. The molecule has 0 aliphatic rings. The second kappa shape index (κ2) is 8.61. The molecule has 0 aliphatic heterocycles. The van der Waals surface area contributed by atoms with Crippen molar-refractivity contribution in [1.29, 1.82) is 0 Å². The SMILES string of the molecule is CCc1ccc(C(=O)Nc2sccc2C(=O)NCCC(C)N)cc1. The van der Waals surface area contributed by atoms with Gasteiger partial charge < -0.3 is 16.4 Å². The lowest BCUT2D eigenvalue weighted by Gasteiger charge is -2.09. The van der Waals surface area contributed by atoms with Gasteiger partial charge >= 0.3 is 0 Å². The van der Waals surface area contributed by atoms with Crippen LogP contribution in [0.1, 0.15) is 46.5 Å². The molecule has 0 aliphatic carbocycles. The summed E-state index contributed by atoms with van der Waals surface area (Å²) in [5.41, 5.74) is 7.90. The Morgan fingerprint density at radius 2 is 1.88 bits per heavy atom. The van der Waals surface area contributed by atoms with E-state index >= 15 is 0 Å². The number of anilines is 1. The minimum atomic E-state index is -0.218. The molecule has 0 saturated carbocycles. The van der Waals surface area contributed by atoms with Crippen LogP contribution in [0.25, 0.3) is 0 Å². The van der Waals surface area contributed by atoms with E-state index < -0.39 is 0 Å². The van der Waals surface area contributed by atoms with E-state index in [0.717, 1.165) is 6.42 Å². The maximum atomic E-state index is 12.3. The molecule has 128 valence electrons. The van der Waals surface area contributed by atoms with Crippen molar-refractivity contribution in [3.05, 3.63) is 52.4 Å². The quantitative estimate of drug-likeness (QED) is 0.721. The summed E-state index contributed by atoms with van der Waals surface area (Å²) in [5, 5.41) is 7.98. The Labute approximate surface area is 146 Å². The Bertz CT molecular complexity index is 693. The monoisotopic (exact) mass is 345 g/mol. The summed E-state index contributed by atoms with van der Waals surface area (Å²) in [6, 6.07) is 9.21. The van der Waals surface area contributed by atoms with Gasteiger partial charge in [0.2, 0.25) is 0 Å². The standard InChI is InChI=1S/C18H23N3O2S/c1-3-13-4-6-14(7-5-13)16(22)21-18-15(9-11-24-18)17(23)20-10-8-12(2)19/h4-7,9,11-12H,3,8,10,19H2,1-2H3,(H,20,23)(H,21,22). The molecule has 2 amide bonds. The lowest BCUT2D eigenvalue weighted by molar-refractivity contribution is 0.0954. The fourth-order valence-corrected chi connectivity index (χ4v) is 2.94. The highest BCUT2D eigenvalue weighted by Crippen LogP contribution is 2.24. The summed E-state index contributed by atoms with van der Waals surface area (Å²) in [6.45, 7) is 4.47. The lowest BCUT2D eigenvalue weighted by Crippen LogP contribution is -2.29. The summed E-state index contributed by atoms with van der Waals surface area (Å²) < 4.78 is 0. The van der Waals surface area contributed by atoms with Crippen molar-refractivity contribution in [3.63, 3.8) is 0 Å². The first-order valence-corrected chi connectivity index (χ1v) is 8.90. The highest BCUT2D eigenvalue weighted by Gasteiger charge is 2.15. The first-order valence-electron chi connectivity index (χ1n) is 8.02. The minimum absolute atomic E-state index is 0.0399. The van der Waals surface area contributed by atoms with Gasteiger partial charge in [0.1, 0.15) is 5.00 Å². The van der Waals surface area contributed by atoms with E-state index in [1.165, 1.54) is 16.9 Å². The zero-order valence-electron chi connectivity index (χ0n) is 14.0. The van der Waals surface area contributed by atoms with E-state index in [2.05, 4.69) is 17.6 Å². The van der Waals surface area contributed by atoms with Gasteiger partial charge in [0, 0.05) is 18.2 Å². The van der Waals surface area contributed by atoms with Crippen LogP contribution in [0.2, 0.25) is 0 Å². The number of hydrogen-bond acceptors (Lipinski definition) is 4. The first-order chi connectivity index (χ1) is 11.5. The van der Waals surface area contributed by atoms with Crippen molar-refractivity contribution in [2.45, 2.75) is 32.7 Å².